The van der Waals surface area contributed by atoms with Gasteiger partial charge in [0, 0.05) is 28.1 Å². The molecular weight excluding hydrogens is 345 g/mol. The Morgan fingerprint density at radius 3 is 2.58 bits per heavy atom. The molecule has 0 spiro atoms. The quantitative estimate of drug-likeness (QED) is 0.551. The van der Waals surface area contributed by atoms with E-state index < -0.39 is 0 Å². The van der Waals surface area contributed by atoms with E-state index in [1.54, 1.807) is 0 Å². The Morgan fingerprint density at radius 1 is 0.947 bits per heavy atom. The summed E-state index contributed by atoms with van der Waals surface area (Å²) in [6.45, 7) is 0.780. The molecule has 4 heteroatoms. The normalized spacial score (nSPS) is 11.1. The van der Waals surface area contributed by atoms with Gasteiger partial charge in [0.05, 0.1) is 10.0 Å². The fraction of sp³-hybridized carbons (Fsp3) is 0.0667. The second-order valence-electron chi connectivity index (χ2n) is 4.40. The summed E-state index contributed by atoms with van der Waals surface area (Å²) >= 11 is 15.5. The smallest absolute Gasteiger partial charge is 0.0595 e. The molecular formula is C15H10BrCl2N. The van der Waals surface area contributed by atoms with Gasteiger partial charge in [-0.2, -0.15) is 0 Å². The van der Waals surface area contributed by atoms with Crippen LogP contribution in [0.2, 0.25) is 10.0 Å². The first kappa shape index (κ1) is 13.0. The van der Waals surface area contributed by atoms with Gasteiger partial charge < -0.3 is 4.57 Å². The van der Waals surface area contributed by atoms with Gasteiger partial charge in [-0.15, -0.1) is 0 Å². The summed E-state index contributed by atoms with van der Waals surface area (Å²) < 4.78 is 3.29. The minimum absolute atomic E-state index is 0.590. The Kier molecular flexibility index (Phi) is 3.57. The Bertz CT molecular complexity index is 749. The van der Waals surface area contributed by atoms with Crippen LogP contribution < -0.4 is 0 Å². The Balaban J connectivity index is 1.98. The van der Waals surface area contributed by atoms with Crippen LogP contribution in [0.15, 0.2) is 53.1 Å². The van der Waals surface area contributed by atoms with Crippen LogP contribution in [0, 0.1) is 0 Å². The molecule has 0 radical (unpaired) electrons. The van der Waals surface area contributed by atoms with E-state index in [-0.39, 0.29) is 0 Å². The van der Waals surface area contributed by atoms with Crippen molar-refractivity contribution in [3.05, 3.63) is 68.7 Å². The summed E-state index contributed by atoms with van der Waals surface area (Å²) in [5, 5.41) is 2.40. The lowest BCUT2D eigenvalue weighted by atomic mass is 10.2. The van der Waals surface area contributed by atoms with Gasteiger partial charge in [-0.25, -0.2) is 0 Å². The van der Waals surface area contributed by atoms with Crippen molar-refractivity contribution in [2.24, 2.45) is 0 Å². The van der Waals surface area contributed by atoms with Gasteiger partial charge in [0.25, 0.3) is 0 Å². The molecule has 0 saturated heterocycles. The molecule has 0 aliphatic carbocycles. The molecule has 19 heavy (non-hydrogen) atoms. The average Bonchev–Trinajstić information content (AvgIpc) is 2.76. The monoisotopic (exact) mass is 353 g/mol. The maximum atomic E-state index is 6.05. The van der Waals surface area contributed by atoms with Crippen LogP contribution in [0.1, 0.15) is 5.56 Å². The summed E-state index contributed by atoms with van der Waals surface area (Å²) in [5.74, 6) is 0. The summed E-state index contributed by atoms with van der Waals surface area (Å²) in [5.41, 5.74) is 2.34. The van der Waals surface area contributed by atoms with Gasteiger partial charge in [0.15, 0.2) is 0 Å². The molecule has 0 atom stereocenters. The zero-order chi connectivity index (χ0) is 13.4. The Hall–Kier alpha value is -0.960. The maximum Gasteiger partial charge on any atom is 0.0595 e. The molecule has 0 unspecified atom stereocenters. The van der Waals surface area contributed by atoms with E-state index in [4.69, 9.17) is 23.2 Å². The minimum atomic E-state index is 0.590. The molecule has 0 aliphatic heterocycles. The molecule has 96 valence electrons. The molecule has 1 aromatic heterocycles. The SMILES string of the molecule is Clc1ccc(Cn2ccc3cc(Br)ccc32)cc1Cl. The predicted octanol–water partition coefficient (Wildman–Crippen LogP) is 5.76. The number of nitrogens with zero attached hydrogens (tertiary/aromatic N) is 1. The lowest BCUT2D eigenvalue weighted by Gasteiger charge is -2.07. The van der Waals surface area contributed by atoms with Crippen molar-refractivity contribution in [1.82, 2.24) is 4.57 Å². The highest BCUT2D eigenvalue weighted by Crippen LogP contribution is 2.25. The van der Waals surface area contributed by atoms with E-state index in [9.17, 15) is 0 Å². The molecule has 0 amide bonds. The lowest BCUT2D eigenvalue weighted by molar-refractivity contribution is 0.837. The molecule has 2 aromatic carbocycles. The van der Waals surface area contributed by atoms with Gasteiger partial charge in [0.2, 0.25) is 0 Å². The van der Waals surface area contributed by atoms with Crippen LogP contribution in [-0.4, -0.2) is 4.57 Å². The van der Waals surface area contributed by atoms with Crippen molar-refractivity contribution >= 4 is 50.0 Å². The van der Waals surface area contributed by atoms with Crippen molar-refractivity contribution in [3.63, 3.8) is 0 Å². The third kappa shape index (κ3) is 2.66. The zero-order valence-electron chi connectivity index (χ0n) is 9.91. The van der Waals surface area contributed by atoms with Gasteiger partial charge in [-0.05, 0) is 42.0 Å². The topological polar surface area (TPSA) is 4.93 Å². The molecule has 3 aromatic rings. The minimum Gasteiger partial charge on any atom is -0.343 e. The first-order valence-electron chi connectivity index (χ1n) is 5.82. The Morgan fingerprint density at radius 2 is 1.79 bits per heavy atom. The molecule has 3 rings (SSSR count). The van der Waals surface area contributed by atoms with Crippen molar-refractivity contribution in [2.75, 3.05) is 0 Å². The molecule has 0 fully saturated rings. The Labute approximate surface area is 129 Å². The highest BCUT2D eigenvalue weighted by molar-refractivity contribution is 9.10. The van der Waals surface area contributed by atoms with Crippen LogP contribution >= 0.6 is 39.1 Å². The van der Waals surface area contributed by atoms with Crippen LogP contribution in [-0.2, 0) is 6.54 Å². The van der Waals surface area contributed by atoms with E-state index in [2.05, 4.69) is 44.9 Å². The predicted molar refractivity (Wildman–Crippen MR) is 85.2 cm³/mol. The number of aromatic nitrogens is 1. The maximum absolute atomic E-state index is 6.05. The second-order valence-corrected chi connectivity index (χ2v) is 6.13. The van der Waals surface area contributed by atoms with Crippen LogP contribution in [0.3, 0.4) is 0 Å². The molecule has 0 N–H and O–H groups in total. The number of fused-ring (bicyclic) bond motifs is 1. The highest BCUT2D eigenvalue weighted by atomic mass is 79.9. The third-order valence-corrected chi connectivity index (χ3v) is 4.30. The summed E-state index contributed by atoms with van der Waals surface area (Å²) in [6.07, 6.45) is 2.08. The van der Waals surface area contributed by atoms with Crippen molar-refractivity contribution < 1.29 is 0 Å². The zero-order valence-corrected chi connectivity index (χ0v) is 13.0. The summed E-state index contributed by atoms with van der Waals surface area (Å²) in [6, 6.07) is 14.1. The van der Waals surface area contributed by atoms with E-state index >= 15 is 0 Å². The number of rotatable bonds is 2. The summed E-state index contributed by atoms with van der Waals surface area (Å²) in [7, 11) is 0. The summed E-state index contributed by atoms with van der Waals surface area (Å²) in [4.78, 5) is 0. The van der Waals surface area contributed by atoms with Gasteiger partial charge >= 0.3 is 0 Å². The van der Waals surface area contributed by atoms with Crippen LogP contribution in [0.5, 0.6) is 0 Å². The number of hydrogen-bond donors (Lipinski definition) is 0. The molecule has 1 nitrogen and oxygen atoms in total. The molecule has 0 saturated carbocycles. The van der Waals surface area contributed by atoms with E-state index in [1.165, 1.54) is 10.9 Å². The van der Waals surface area contributed by atoms with Crippen molar-refractivity contribution in [1.29, 1.82) is 0 Å². The molecule has 1 heterocycles. The fourth-order valence-electron chi connectivity index (χ4n) is 2.14. The number of benzene rings is 2. The van der Waals surface area contributed by atoms with Gasteiger partial charge in [-0.1, -0.05) is 45.2 Å². The molecule has 0 bridgehead atoms. The average molecular weight is 355 g/mol. The van der Waals surface area contributed by atoms with Gasteiger partial charge in [0.1, 0.15) is 0 Å². The fourth-order valence-corrected chi connectivity index (χ4v) is 2.84. The standard InChI is InChI=1S/C15H10BrCl2N/c16-12-2-4-15-11(8-12)5-6-19(15)9-10-1-3-13(17)14(18)7-10/h1-8H,9H2. The first-order chi connectivity index (χ1) is 9.13. The number of halogens is 3. The first-order valence-corrected chi connectivity index (χ1v) is 7.37. The third-order valence-electron chi connectivity index (χ3n) is 3.07. The van der Waals surface area contributed by atoms with Crippen LogP contribution in [0.25, 0.3) is 10.9 Å². The van der Waals surface area contributed by atoms with Crippen molar-refractivity contribution in [3.8, 4) is 0 Å². The van der Waals surface area contributed by atoms with E-state index in [1.807, 2.05) is 24.3 Å². The van der Waals surface area contributed by atoms with Crippen molar-refractivity contribution in [2.45, 2.75) is 6.54 Å². The van der Waals surface area contributed by atoms with E-state index in [0.29, 0.717) is 10.0 Å². The van der Waals surface area contributed by atoms with E-state index in [0.717, 1.165) is 16.6 Å². The highest BCUT2D eigenvalue weighted by Gasteiger charge is 2.04. The molecule has 0 aliphatic rings. The van der Waals surface area contributed by atoms with Crippen LogP contribution in [0.4, 0.5) is 0 Å². The lowest BCUT2D eigenvalue weighted by Crippen LogP contribution is -1.97. The second kappa shape index (κ2) is 5.20. The van der Waals surface area contributed by atoms with Gasteiger partial charge in [-0.3, -0.25) is 0 Å². The largest absolute Gasteiger partial charge is 0.343 e. The number of hydrogen-bond acceptors (Lipinski definition) is 0.